The number of halogens is 3. The minimum Gasteiger partial charge on any atom is -0.487 e. The van der Waals surface area contributed by atoms with E-state index >= 15 is 0 Å². The Hall–Kier alpha value is -3.04. The molecule has 1 aliphatic heterocycles. The van der Waals surface area contributed by atoms with E-state index in [2.05, 4.69) is 20.8 Å². The second-order valence-corrected chi connectivity index (χ2v) is 9.52. The summed E-state index contributed by atoms with van der Waals surface area (Å²) < 4.78 is 34.5. The van der Waals surface area contributed by atoms with Crippen LogP contribution in [0.2, 0.25) is 0 Å². The Morgan fingerprint density at radius 3 is 2.46 bits per heavy atom. The van der Waals surface area contributed by atoms with Crippen molar-refractivity contribution in [1.82, 2.24) is 9.47 Å². The Balaban J connectivity index is 1.45. The number of hydrogen-bond donors (Lipinski definition) is 1. The van der Waals surface area contributed by atoms with Crippen LogP contribution in [0, 0.1) is 18.6 Å². The number of rotatable bonds is 8. The number of carbonyl (C=O) groups is 1. The molecule has 1 aliphatic rings. The first-order valence-electron chi connectivity index (χ1n) is 11.3. The zero-order valence-electron chi connectivity index (χ0n) is 19.3. The highest BCUT2D eigenvalue weighted by Gasteiger charge is 2.28. The van der Waals surface area contributed by atoms with E-state index in [1.165, 1.54) is 6.07 Å². The highest BCUT2D eigenvalue weighted by Crippen LogP contribution is 2.25. The predicted molar refractivity (Wildman–Crippen MR) is 132 cm³/mol. The summed E-state index contributed by atoms with van der Waals surface area (Å²) in [5.74, 6) is -1.36. The van der Waals surface area contributed by atoms with Gasteiger partial charge in [0.2, 0.25) is 5.91 Å². The lowest BCUT2D eigenvalue weighted by atomic mass is 10.1. The number of amides is 1. The molecule has 9 heteroatoms. The van der Waals surface area contributed by atoms with Gasteiger partial charge in [-0.15, -0.1) is 0 Å². The third-order valence-electron chi connectivity index (χ3n) is 6.25. The number of carbonyl (C=O) groups excluding carboxylic acids is 1. The van der Waals surface area contributed by atoms with Gasteiger partial charge in [-0.05, 0) is 65.5 Å². The SMILES string of the molecule is Cc1cc(OCc2ccc(F)cc2F)c(Br)c(=O)n1Cc1ccc(CN2CCC[C@H]2C(N)=O)cc1. The maximum absolute atomic E-state index is 13.9. The number of likely N-dealkylation sites (tertiary alicyclic amines) is 1. The molecule has 1 saturated heterocycles. The molecule has 184 valence electrons. The smallest absolute Gasteiger partial charge is 0.269 e. The first-order chi connectivity index (χ1) is 16.7. The van der Waals surface area contributed by atoms with Crippen LogP contribution in [0.15, 0.2) is 57.8 Å². The first kappa shape index (κ1) is 25.1. The highest BCUT2D eigenvalue weighted by atomic mass is 79.9. The number of ether oxygens (including phenoxy) is 1. The molecule has 0 unspecified atom stereocenters. The molecule has 0 saturated carbocycles. The fourth-order valence-corrected chi connectivity index (χ4v) is 4.76. The van der Waals surface area contributed by atoms with E-state index in [-0.39, 0.29) is 39.9 Å². The number of pyridine rings is 1. The van der Waals surface area contributed by atoms with Gasteiger partial charge >= 0.3 is 0 Å². The number of aromatic nitrogens is 1. The molecule has 1 fully saturated rings. The van der Waals surface area contributed by atoms with Crippen molar-refractivity contribution in [3.05, 3.63) is 97.4 Å². The second-order valence-electron chi connectivity index (χ2n) is 8.73. The van der Waals surface area contributed by atoms with E-state index < -0.39 is 11.6 Å². The minimum absolute atomic E-state index is 0.136. The van der Waals surface area contributed by atoms with E-state index in [4.69, 9.17) is 10.5 Å². The molecule has 2 aromatic carbocycles. The van der Waals surface area contributed by atoms with E-state index in [1.807, 2.05) is 24.3 Å². The van der Waals surface area contributed by atoms with Crippen LogP contribution in [0.1, 0.15) is 35.2 Å². The van der Waals surface area contributed by atoms with Gasteiger partial charge in [0, 0.05) is 29.9 Å². The lowest BCUT2D eigenvalue weighted by Crippen LogP contribution is -2.39. The molecule has 4 rings (SSSR count). The first-order valence-corrected chi connectivity index (χ1v) is 12.1. The maximum atomic E-state index is 13.9. The molecule has 1 atom stereocenters. The van der Waals surface area contributed by atoms with Gasteiger partial charge in [0.25, 0.3) is 5.56 Å². The molecule has 2 heterocycles. The summed E-state index contributed by atoms with van der Waals surface area (Å²) in [4.78, 5) is 26.7. The van der Waals surface area contributed by atoms with Gasteiger partial charge in [-0.25, -0.2) is 8.78 Å². The lowest BCUT2D eigenvalue weighted by Gasteiger charge is -2.22. The van der Waals surface area contributed by atoms with Crippen LogP contribution in [0.5, 0.6) is 5.75 Å². The van der Waals surface area contributed by atoms with Crippen LogP contribution in [-0.4, -0.2) is 28.0 Å². The van der Waals surface area contributed by atoms with Crippen LogP contribution in [0.3, 0.4) is 0 Å². The summed E-state index contributed by atoms with van der Waals surface area (Å²) in [5, 5.41) is 0. The van der Waals surface area contributed by atoms with Gasteiger partial charge in [0.05, 0.1) is 12.6 Å². The number of nitrogens with two attached hydrogens (primary N) is 1. The monoisotopic (exact) mass is 545 g/mol. The van der Waals surface area contributed by atoms with E-state index in [9.17, 15) is 18.4 Å². The van der Waals surface area contributed by atoms with Crippen molar-refractivity contribution in [3.63, 3.8) is 0 Å². The zero-order valence-corrected chi connectivity index (χ0v) is 20.9. The largest absolute Gasteiger partial charge is 0.487 e. The third kappa shape index (κ3) is 5.79. The summed E-state index contributed by atoms with van der Waals surface area (Å²) in [6.07, 6.45) is 1.75. The Morgan fingerprint density at radius 1 is 1.11 bits per heavy atom. The summed E-state index contributed by atoms with van der Waals surface area (Å²) in [6.45, 7) is 3.52. The molecule has 0 radical (unpaired) electrons. The molecule has 1 amide bonds. The third-order valence-corrected chi connectivity index (χ3v) is 6.98. The zero-order chi connectivity index (χ0) is 25.1. The highest BCUT2D eigenvalue weighted by molar-refractivity contribution is 9.10. The molecule has 6 nitrogen and oxygen atoms in total. The summed E-state index contributed by atoms with van der Waals surface area (Å²) in [7, 11) is 0. The van der Waals surface area contributed by atoms with Crippen LogP contribution in [0.25, 0.3) is 0 Å². The standard InChI is InChI=1S/C26H26BrF2N3O3/c1-16-11-23(35-15-19-8-9-20(28)12-21(19)29)24(27)26(34)32(16)14-18-6-4-17(5-7-18)13-31-10-2-3-22(31)25(30)33/h4-9,11-12,22H,2-3,10,13-15H2,1H3,(H2,30,33)/t22-/m0/s1. The molecular formula is C26H26BrF2N3O3. The van der Waals surface area contributed by atoms with Crippen molar-refractivity contribution in [2.45, 2.75) is 45.5 Å². The van der Waals surface area contributed by atoms with Crippen LogP contribution in [-0.2, 0) is 24.5 Å². The topological polar surface area (TPSA) is 77.6 Å². The van der Waals surface area contributed by atoms with Crippen molar-refractivity contribution < 1.29 is 18.3 Å². The maximum Gasteiger partial charge on any atom is 0.269 e. The fraction of sp³-hybridized carbons (Fsp3) is 0.308. The van der Waals surface area contributed by atoms with Gasteiger partial charge in [0.15, 0.2) is 0 Å². The molecule has 3 aromatic rings. The van der Waals surface area contributed by atoms with Crippen molar-refractivity contribution in [3.8, 4) is 5.75 Å². The lowest BCUT2D eigenvalue weighted by molar-refractivity contribution is -0.122. The van der Waals surface area contributed by atoms with Gasteiger partial charge < -0.3 is 15.0 Å². The van der Waals surface area contributed by atoms with Crippen molar-refractivity contribution >= 4 is 21.8 Å². The molecule has 0 aliphatic carbocycles. The van der Waals surface area contributed by atoms with Crippen molar-refractivity contribution in [1.29, 1.82) is 0 Å². The summed E-state index contributed by atoms with van der Waals surface area (Å²) in [5.41, 5.74) is 8.12. The molecule has 2 N–H and O–H groups in total. The molecule has 1 aromatic heterocycles. The fourth-order valence-electron chi connectivity index (χ4n) is 4.32. The molecule has 35 heavy (non-hydrogen) atoms. The number of benzene rings is 2. The second kappa shape index (κ2) is 10.7. The van der Waals surface area contributed by atoms with E-state index in [0.717, 1.165) is 42.6 Å². The molecule has 0 bridgehead atoms. The van der Waals surface area contributed by atoms with Crippen LogP contribution >= 0.6 is 15.9 Å². The quantitative estimate of drug-likeness (QED) is 0.458. The average Bonchev–Trinajstić information content (AvgIpc) is 3.29. The van der Waals surface area contributed by atoms with Crippen molar-refractivity contribution in [2.75, 3.05) is 6.54 Å². The summed E-state index contributed by atoms with van der Waals surface area (Å²) >= 11 is 3.30. The van der Waals surface area contributed by atoms with E-state index in [0.29, 0.717) is 18.8 Å². The van der Waals surface area contributed by atoms with Crippen LogP contribution < -0.4 is 16.0 Å². The molecule has 0 spiro atoms. The number of nitrogens with zero attached hydrogens (tertiary/aromatic N) is 2. The van der Waals surface area contributed by atoms with E-state index in [1.54, 1.807) is 17.6 Å². The van der Waals surface area contributed by atoms with Crippen molar-refractivity contribution in [2.24, 2.45) is 5.73 Å². The Morgan fingerprint density at radius 2 is 1.80 bits per heavy atom. The number of hydrogen-bond acceptors (Lipinski definition) is 4. The Labute approximate surface area is 210 Å². The van der Waals surface area contributed by atoms with Gasteiger partial charge in [-0.1, -0.05) is 24.3 Å². The summed E-state index contributed by atoms with van der Waals surface area (Å²) in [6, 6.07) is 12.7. The minimum atomic E-state index is -0.704. The Bertz CT molecular complexity index is 1290. The number of primary amides is 1. The van der Waals surface area contributed by atoms with Gasteiger partial charge in [0.1, 0.15) is 28.5 Å². The predicted octanol–water partition coefficient (Wildman–Crippen LogP) is 4.27. The molecular weight excluding hydrogens is 520 g/mol. The Kier molecular flexibility index (Phi) is 7.66. The van der Waals surface area contributed by atoms with Gasteiger partial charge in [-0.2, -0.15) is 0 Å². The normalized spacial score (nSPS) is 15.9. The number of aryl methyl sites for hydroxylation is 1. The average molecular weight is 546 g/mol. The van der Waals surface area contributed by atoms with Gasteiger partial charge in [-0.3, -0.25) is 14.5 Å². The van der Waals surface area contributed by atoms with Crippen LogP contribution in [0.4, 0.5) is 8.78 Å².